The first kappa shape index (κ1) is 22.8. The molecule has 0 aliphatic carbocycles. The fourth-order valence-electron chi connectivity index (χ4n) is 3.77. The lowest BCUT2D eigenvalue weighted by atomic mass is 9.93. The SMILES string of the molecule is CNC(=O)c1ccc(NC(=O)COC(=O)C2Cc3ccccc3CN2C(=O)c2ccco2)cc1. The van der Waals surface area contributed by atoms with Gasteiger partial charge in [-0.15, -0.1) is 0 Å². The Kier molecular flexibility index (Phi) is 6.72. The van der Waals surface area contributed by atoms with E-state index in [9.17, 15) is 19.2 Å². The highest BCUT2D eigenvalue weighted by molar-refractivity contribution is 5.97. The smallest absolute Gasteiger partial charge is 0.329 e. The summed E-state index contributed by atoms with van der Waals surface area (Å²) in [6.45, 7) is -0.295. The molecule has 1 aliphatic rings. The second kappa shape index (κ2) is 10.0. The maximum atomic E-state index is 13.0. The number of hydrogen-bond donors (Lipinski definition) is 2. The summed E-state index contributed by atoms with van der Waals surface area (Å²) in [4.78, 5) is 51.2. The summed E-state index contributed by atoms with van der Waals surface area (Å²) in [7, 11) is 1.53. The predicted octanol–water partition coefficient (Wildman–Crippen LogP) is 2.39. The molecule has 1 aliphatic heterocycles. The molecule has 2 N–H and O–H groups in total. The molecule has 0 spiro atoms. The van der Waals surface area contributed by atoms with Crippen LogP contribution in [0.2, 0.25) is 0 Å². The van der Waals surface area contributed by atoms with Crippen LogP contribution in [0.4, 0.5) is 5.69 Å². The van der Waals surface area contributed by atoms with Gasteiger partial charge in [0.1, 0.15) is 6.04 Å². The Morgan fingerprint density at radius 1 is 1.00 bits per heavy atom. The molecule has 2 aromatic carbocycles. The minimum atomic E-state index is -0.896. The summed E-state index contributed by atoms with van der Waals surface area (Å²) in [5.74, 6) is -1.77. The first-order valence-corrected chi connectivity index (χ1v) is 10.7. The number of carbonyl (C=O) groups excluding carboxylic acids is 4. The maximum Gasteiger partial charge on any atom is 0.329 e. The quantitative estimate of drug-likeness (QED) is 0.545. The Balaban J connectivity index is 1.41. The van der Waals surface area contributed by atoms with Crippen molar-refractivity contribution in [2.45, 2.75) is 19.0 Å². The zero-order valence-electron chi connectivity index (χ0n) is 18.4. The number of hydrogen-bond acceptors (Lipinski definition) is 6. The van der Waals surface area contributed by atoms with E-state index in [0.717, 1.165) is 11.1 Å². The molecular weight excluding hydrogens is 438 g/mol. The summed E-state index contributed by atoms with van der Waals surface area (Å²) < 4.78 is 10.5. The third-order valence-electron chi connectivity index (χ3n) is 5.52. The summed E-state index contributed by atoms with van der Waals surface area (Å²) in [5.41, 5.74) is 2.78. The van der Waals surface area contributed by atoms with Crippen LogP contribution in [0.15, 0.2) is 71.3 Å². The summed E-state index contributed by atoms with van der Waals surface area (Å²) in [6.07, 6.45) is 1.66. The van der Waals surface area contributed by atoms with Gasteiger partial charge in [-0.3, -0.25) is 14.4 Å². The third kappa shape index (κ3) is 4.98. The van der Waals surface area contributed by atoms with Gasteiger partial charge in [0.2, 0.25) is 0 Å². The largest absolute Gasteiger partial charge is 0.459 e. The molecule has 3 aromatic rings. The minimum Gasteiger partial charge on any atom is -0.459 e. The van der Waals surface area contributed by atoms with Gasteiger partial charge < -0.3 is 24.7 Å². The molecule has 0 fully saturated rings. The number of carbonyl (C=O) groups is 4. The third-order valence-corrected chi connectivity index (χ3v) is 5.52. The van der Waals surface area contributed by atoms with E-state index in [0.29, 0.717) is 11.3 Å². The lowest BCUT2D eigenvalue weighted by Gasteiger charge is -2.34. The molecule has 0 saturated carbocycles. The van der Waals surface area contributed by atoms with Gasteiger partial charge in [-0.1, -0.05) is 24.3 Å². The van der Waals surface area contributed by atoms with Gasteiger partial charge >= 0.3 is 5.97 Å². The zero-order chi connectivity index (χ0) is 24.1. The van der Waals surface area contributed by atoms with Crippen LogP contribution >= 0.6 is 0 Å². The number of anilines is 1. The second-order valence-electron chi connectivity index (χ2n) is 7.71. The standard InChI is InChI=1S/C25H23N3O6/c1-26-23(30)16-8-10-19(11-9-16)27-22(29)15-34-25(32)20-13-17-5-2-3-6-18(17)14-28(20)24(31)21-7-4-12-33-21/h2-12,20H,13-15H2,1H3,(H,26,30)(H,27,29). The van der Waals surface area contributed by atoms with Crippen LogP contribution in [0.25, 0.3) is 0 Å². The van der Waals surface area contributed by atoms with Crippen LogP contribution in [0.3, 0.4) is 0 Å². The van der Waals surface area contributed by atoms with E-state index in [2.05, 4.69) is 10.6 Å². The van der Waals surface area contributed by atoms with Gasteiger partial charge in [0.25, 0.3) is 17.7 Å². The molecule has 0 saturated heterocycles. The number of ether oxygens (including phenoxy) is 1. The molecule has 174 valence electrons. The molecular formula is C25H23N3O6. The number of rotatable bonds is 6. The summed E-state index contributed by atoms with van der Waals surface area (Å²) in [6, 6.07) is 16.1. The Morgan fingerprint density at radius 3 is 2.41 bits per heavy atom. The predicted molar refractivity (Wildman–Crippen MR) is 122 cm³/mol. The number of furan rings is 1. The van der Waals surface area contributed by atoms with Crippen LogP contribution in [-0.4, -0.2) is 48.3 Å². The van der Waals surface area contributed by atoms with Crippen molar-refractivity contribution in [1.29, 1.82) is 0 Å². The summed E-state index contributed by atoms with van der Waals surface area (Å²) in [5, 5.41) is 5.13. The van der Waals surface area contributed by atoms with Gasteiger partial charge in [-0.05, 0) is 47.5 Å². The normalized spacial score (nSPS) is 14.6. The Bertz CT molecular complexity index is 1200. The van der Waals surface area contributed by atoms with E-state index in [1.807, 2.05) is 24.3 Å². The zero-order valence-corrected chi connectivity index (χ0v) is 18.4. The average Bonchev–Trinajstić information content (AvgIpc) is 3.41. The number of fused-ring (bicyclic) bond motifs is 1. The number of benzene rings is 2. The lowest BCUT2D eigenvalue weighted by Crippen LogP contribution is -2.49. The van der Waals surface area contributed by atoms with Crippen LogP contribution in [0, 0.1) is 0 Å². The average molecular weight is 461 g/mol. The van der Waals surface area contributed by atoms with E-state index < -0.39 is 30.4 Å². The molecule has 3 amide bonds. The molecule has 9 nitrogen and oxygen atoms in total. The van der Waals surface area contributed by atoms with Crippen LogP contribution in [0.5, 0.6) is 0 Å². The molecule has 4 rings (SSSR count). The molecule has 9 heteroatoms. The van der Waals surface area contributed by atoms with E-state index in [1.54, 1.807) is 30.3 Å². The number of esters is 1. The number of nitrogens with one attached hydrogen (secondary N) is 2. The van der Waals surface area contributed by atoms with Gasteiger partial charge in [-0.25, -0.2) is 4.79 Å². The van der Waals surface area contributed by atoms with Crippen LogP contribution in [0.1, 0.15) is 32.0 Å². The fraction of sp³-hybridized carbons (Fsp3) is 0.200. The molecule has 1 unspecified atom stereocenters. The Morgan fingerprint density at radius 2 is 1.74 bits per heavy atom. The van der Waals surface area contributed by atoms with Crippen LogP contribution in [-0.2, 0) is 27.3 Å². The van der Waals surface area contributed by atoms with Gasteiger partial charge in [0.15, 0.2) is 12.4 Å². The van der Waals surface area contributed by atoms with Crippen molar-refractivity contribution in [1.82, 2.24) is 10.2 Å². The second-order valence-corrected chi connectivity index (χ2v) is 7.71. The number of amides is 3. The Hall–Kier alpha value is -4.40. The van der Waals surface area contributed by atoms with Crippen LogP contribution < -0.4 is 10.6 Å². The minimum absolute atomic E-state index is 0.120. The van der Waals surface area contributed by atoms with Gasteiger partial charge in [0.05, 0.1) is 6.26 Å². The highest BCUT2D eigenvalue weighted by Gasteiger charge is 2.37. The van der Waals surface area contributed by atoms with Gasteiger partial charge in [0, 0.05) is 31.3 Å². The lowest BCUT2D eigenvalue weighted by molar-refractivity contribution is -0.152. The molecule has 1 aromatic heterocycles. The number of nitrogens with zero attached hydrogens (tertiary/aromatic N) is 1. The van der Waals surface area contributed by atoms with E-state index in [1.165, 1.54) is 24.3 Å². The van der Waals surface area contributed by atoms with E-state index in [4.69, 9.17) is 9.15 Å². The molecule has 0 radical (unpaired) electrons. The first-order valence-electron chi connectivity index (χ1n) is 10.7. The topological polar surface area (TPSA) is 118 Å². The van der Waals surface area contributed by atoms with E-state index >= 15 is 0 Å². The van der Waals surface area contributed by atoms with E-state index in [-0.39, 0.29) is 24.6 Å². The van der Waals surface area contributed by atoms with Gasteiger partial charge in [-0.2, -0.15) is 0 Å². The van der Waals surface area contributed by atoms with Crippen molar-refractivity contribution in [3.05, 3.63) is 89.4 Å². The highest BCUT2D eigenvalue weighted by atomic mass is 16.5. The first-order chi connectivity index (χ1) is 16.5. The van der Waals surface area contributed by atoms with Crippen molar-refractivity contribution in [3.63, 3.8) is 0 Å². The monoisotopic (exact) mass is 461 g/mol. The fourth-order valence-corrected chi connectivity index (χ4v) is 3.77. The molecule has 1 atom stereocenters. The Labute approximate surface area is 195 Å². The molecule has 2 heterocycles. The van der Waals surface area contributed by atoms with Crippen molar-refractivity contribution in [2.24, 2.45) is 0 Å². The molecule has 34 heavy (non-hydrogen) atoms. The van der Waals surface area contributed by atoms with Crippen molar-refractivity contribution >= 4 is 29.4 Å². The van der Waals surface area contributed by atoms with Crippen molar-refractivity contribution in [2.75, 3.05) is 19.0 Å². The maximum absolute atomic E-state index is 13.0. The van der Waals surface area contributed by atoms with Crippen molar-refractivity contribution < 1.29 is 28.3 Å². The summed E-state index contributed by atoms with van der Waals surface area (Å²) >= 11 is 0. The highest BCUT2D eigenvalue weighted by Crippen LogP contribution is 2.26. The van der Waals surface area contributed by atoms with Crippen molar-refractivity contribution in [3.8, 4) is 0 Å². The molecule has 0 bridgehead atoms.